The predicted molar refractivity (Wildman–Crippen MR) is 254 cm³/mol. The third-order valence-corrected chi connectivity index (χ3v) is 12.2. The van der Waals surface area contributed by atoms with Gasteiger partial charge in [-0.15, -0.1) is 0 Å². The van der Waals surface area contributed by atoms with Gasteiger partial charge in [0.05, 0.1) is 22.7 Å². The van der Waals surface area contributed by atoms with Crippen LogP contribution < -0.4 is 19.6 Å². The Morgan fingerprint density at radius 2 is 0.820 bits per heavy atom. The smallest absolute Gasteiger partial charge is 0.193 e. The molecule has 0 fully saturated rings. The fraction of sp³-hybridized carbons (Fsp3) is 0.125. The molecule has 0 atom stereocenters. The van der Waals surface area contributed by atoms with Crippen molar-refractivity contribution < 1.29 is 4.79 Å². The third kappa shape index (κ3) is 6.45. The summed E-state index contributed by atoms with van der Waals surface area (Å²) in [7, 11) is 0. The van der Waals surface area contributed by atoms with Crippen molar-refractivity contribution >= 4 is 68.3 Å². The van der Waals surface area contributed by atoms with E-state index < -0.39 is 0 Å². The second-order valence-corrected chi connectivity index (χ2v) is 17.4. The zero-order valence-corrected chi connectivity index (χ0v) is 35.2. The Balaban J connectivity index is 1.22. The van der Waals surface area contributed by atoms with Crippen molar-refractivity contribution in [3.63, 3.8) is 0 Å². The normalized spacial score (nSPS) is 13.8. The molecule has 0 N–H and O–H groups in total. The fourth-order valence-electron chi connectivity index (χ4n) is 9.42. The van der Waals surface area contributed by atoms with Crippen molar-refractivity contribution in [3.8, 4) is 0 Å². The molecule has 2 aliphatic rings. The van der Waals surface area contributed by atoms with Crippen LogP contribution in [0.2, 0.25) is 0 Å². The summed E-state index contributed by atoms with van der Waals surface area (Å²) in [6, 6.07) is 70.4. The molecular weight excluding hydrogens is 745 g/mol. The maximum atomic E-state index is 14.4. The van der Waals surface area contributed by atoms with Crippen molar-refractivity contribution in [1.29, 1.82) is 0 Å². The summed E-state index contributed by atoms with van der Waals surface area (Å²) in [4.78, 5) is 23.9. The standard InChI is InChI=1S/C56H48N4O/c1-55(2,3)60-52-37-44(57(39-20-10-6-11-21-39)40-22-12-7-13-23-40)31-34-50(52)59(43-30-33-49-47(36-43)54(61)46-28-18-19-29-48(46)56(49,4)5)51-35-32-45(38-53(51)60)58(41-24-14-8-15-25-41)42-26-16-9-17-27-42/h6-38H,1-5H3. The summed E-state index contributed by atoms with van der Waals surface area (Å²) in [5, 5.41) is 0. The van der Waals surface area contributed by atoms with Crippen LogP contribution in [-0.2, 0) is 5.41 Å². The highest BCUT2D eigenvalue weighted by atomic mass is 16.1. The Kier molecular flexibility index (Phi) is 9.14. The van der Waals surface area contributed by atoms with Crippen molar-refractivity contribution in [1.82, 2.24) is 0 Å². The van der Waals surface area contributed by atoms with Gasteiger partial charge < -0.3 is 19.6 Å². The van der Waals surface area contributed by atoms with Gasteiger partial charge in [0.15, 0.2) is 5.78 Å². The molecule has 1 heterocycles. The molecule has 0 saturated heterocycles. The minimum Gasteiger partial charge on any atom is -0.333 e. The molecule has 0 aromatic heterocycles. The van der Waals surface area contributed by atoms with E-state index in [2.05, 4.69) is 236 Å². The highest BCUT2D eigenvalue weighted by molar-refractivity contribution is 6.14. The summed E-state index contributed by atoms with van der Waals surface area (Å²) >= 11 is 0. The number of hydrogen-bond donors (Lipinski definition) is 0. The Hall–Kier alpha value is -7.37. The largest absolute Gasteiger partial charge is 0.333 e. The van der Waals surface area contributed by atoms with Gasteiger partial charge in [0.2, 0.25) is 0 Å². The molecule has 8 aromatic carbocycles. The van der Waals surface area contributed by atoms with E-state index in [1.165, 1.54) is 0 Å². The van der Waals surface area contributed by atoms with E-state index in [1.54, 1.807) is 0 Å². The maximum Gasteiger partial charge on any atom is 0.193 e. The predicted octanol–water partition coefficient (Wildman–Crippen LogP) is 15.2. The molecular formula is C56H48N4O. The van der Waals surface area contributed by atoms with Crippen molar-refractivity contribution in [2.75, 3.05) is 19.6 Å². The number of fused-ring (bicyclic) bond motifs is 4. The topological polar surface area (TPSA) is 30.0 Å². The average Bonchev–Trinajstić information content (AvgIpc) is 3.28. The van der Waals surface area contributed by atoms with Crippen LogP contribution >= 0.6 is 0 Å². The number of para-hydroxylation sites is 4. The molecule has 5 heteroatoms. The van der Waals surface area contributed by atoms with Gasteiger partial charge in [-0.25, -0.2) is 0 Å². The minimum atomic E-state index is -0.346. The molecule has 1 aliphatic carbocycles. The molecule has 0 spiro atoms. The van der Waals surface area contributed by atoms with Gasteiger partial charge in [-0.2, -0.15) is 0 Å². The Morgan fingerprint density at radius 3 is 1.26 bits per heavy atom. The molecule has 8 aromatic rings. The van der Waals surface area contributed by atoms with E-state index in [4.69, 9.17) is 0 Å². The van der Waals surface area contributed by atoms with E-state index in [0.29, 0.717) is 0 Å². The quantitative estimate of drug-likeness (QED) is 0.160. The number of carbonyl (C=O) groups is 1. The molecule has 0 unspecified atom stereocenters. The first-order valence-electron chi connectivity index (χ1n) is 21.1. The van der Waals surface area contributed by atoms with Crippen LogP contribution in [0.3, 0.4) is 0 Å². The van der Waals surface area contributed by atoms with Gasteiger partial charge >= 0.3 is 0 Å². The van der Waals surface area contributed by atoms with Crippen LogP contribution in [0.25, 0.3) is 0 Å². The number of rotatable bonds is 7. The molecule has 5 nitrogen and oxygen atoms in total. The van der Waals surface area contributed by atoms with Gasteiger partial charge in [-0.1, -0.05) is 117 Å². The summed E-state index contributed by atoms with van der Waals surface area (Å²) in [6.45, 7) is 11.3. The van der Waals surface area contributed by atoms with Crippen LogP contribution in [-0.4, -0.2) is 11.3 Å². The van der Waals surface area contributed by atoms with Crippen LogP contribution in [0.5, 0.6) is 0 Å². The van der Waals surface area contributed by atoms with Crippen LogP contribution in [0.4, 0.5) is 62.6 Å². The van der Waals surface area contributed by atoms with Gasteiger partial charge in [0, 0.05) is 61.9 Å². The highest BCUT2D eigenvalue weighted by Crippen LogP contribution is 2.57. The van der Waals surface area contributed by atoms with Gasteiger partial charge in [0.1, 0.15) is 0 Å². The molecule has 10 rings (SSSR count). The van der Waals surface area contributed by atoms with Crippen LogP contribution in [0.15, 0.2) is 200 Å². The number of benzene rings is 8. The molecule has 1 aliphatic heterocycles. The first-order valence-corrected chi connectivity index (χ1v) is 21.1. The van der Waals surface area contributed by atoms with Crippen LogP contribution in [0.1, 0.15) is 61.7 Å². The Labute approximate surface area is 359 Å². The zero-order chi connectivity index (χ0) is 41.9. The van der Waals surface area contributed by atoms with E-state index in [0.717, 1.165) is 84.8 Å². The SMILES string of the molecule is CC1(C)c2ccccc2C(=O)c2cc(N3c4ccc(N(c5ccccc5)c5ccccc5)cc4N(C(C)(C)C)c4cc(N(c5ccccc5)c5ccccc5)ccc43)ccc21. The summed E-state index contributed by atoms with van der Waals surface area (Å²) in [5.74, 6) is 0.0639. The summed E-state index contributed by atoms with van der Waals surface area (Å²) in [5.41, 5.74) is 14.4. The van der Waals surface area contributed by atoms with E-state index in [9.17, 15) is 4.79 Å². The lowest BCUT2D eigenvalue weighted by molar-refractivity contribution is 0.103. The molecule has 61 heavy (non-hydrogen) atoms. The number of ketones is 1. The highest BCUT2D eigenvalue weighted by Gasteiger charge is 2.40. The second-order valence-electron chi connectivity index (χ2n) is 17.4. The summed E-state index contributed by atoms with van der Waals surface area (Å²) < 4.78 is 0. The molecule has 0 bridgehead atoms. The Bertz CT molecular complexity index is 2690. The number of anilines is 11. The van der Waals surface area contributed by atoms with Gasteiger partial charge in [-0.3, -0.25) is 4.79 Å². The molecule has 0 saturated carbocycles. The Morgan fingerprint density at radius 1 is 0.410 bits per heavy atom. The third-order valence-electron chi connectivity index (χ3n) is 12.2. The van der Waals surface area contributed by atoms with Gasteiger partial charge in [0.25, 0.3) is 0 Å². The van der Waals surface area contributed by atoms with E-state index in [-0.39, 0.29) is 16.7 Å². The molecule has 298 valence electrons. The average molecular weight is 793 g/mol. The monoisotopic (exact) mass is 792 g/mol. The lowest BCUT2D eigenvalue weighted by Gasteiger charge is -2.47. The molecule has 0 amide bonds. The van der Waals surface area contributed by atoms with Gasteiger partial charge in [-0.05, 0) is 129 Å². The second kappa shape index (κ2) is 14.7. The first-order chi connectivity index (χ1) is 29.6. The van der Waals surface area contributed by atoms with Crippen LogP contribution in [0, 0.1) is 0 Å². The fourth-order valence-corrected chi connectivity index (χ4v) is 9.42. The van der Waals surface area contributed by atoms with Crippen molar-refractivity contribution in [3.05, 3.63) is 222 Å². The first kappa shape index (κ1) is 37.9. The number of hydrogen-bond acceptors (Lipinski definition) is 5. The number of nitrogens with zero attached hydrogens (tertiary/aromatic N) is 4. The molecule has 0 radical (unpaired) electrons. The van der Waals surface area contributed by atoms with E-state index in [1.807, 2.05) is 18.2 Å². The van der Waals surface area contributed by atoms with Crippen molar-refractivity contribution in [2.45, 2.75) is 45.6 Å². The maximum absolute atomic E-state index is 14.4. The lowest BCUT2D eigenvalue weighted by Crippen LogP contribution is -2.41. The number of carbonyl (C=O) groups excluding carboxylic acids is 1. The summed E-state index contributed by atoms with van der Waals surface area (Å²) in [6.07, 6.45) is 0. The minimum absolute atomic E-state index is 0.0639. The zero-order valence-electron chi connectivity index (χ0n) is 35.2. The lowest BCUT2D eigenvalue weighted by atomic mass is 9.68. The van der Waals surface area contributed by atoms with E-state index >= 15 is 0 Å². The van der Waals surface area contributed by atoms with Crippen molar-refractivity contribution in [2.24, 2.45) is 0 Å².